The van der Waals surface area contributed by atoms with Crippen LogP contribution in [0.2, 0.25) is 0 Å². The van der Waals surface area contributed by atoms with Crippen molar-refractivity contribution in [2.45, 2.75) is 62.3 Å². The largest absolute Gasteiger partial charge is 0.453 e. The molecule has 1 N–H and O–H groups in total. The van der Waals surface area contributed by atoms with Gasteiger partial charge in [-0.3, -0.25) is 4.90 Å². The molecule has 2 fully saturated rings. The summed E-state index contributed by atoms with van der Waals surface area (Å²) in [6.07, 6.45) is 3.19. The molecule has 192 valence electrons. The van der Waals surface area contributed by atoms with Crippen LogP contribution in [0.15, 0.2) is 24.3 Å². The van der Waals surface area contributed by atoms with Gasteiger partial charge >= 0.3 is 6.09 Å². The van der Waals surface area contributed by atoms with E-state index in [0.29, 0.717) is 12.3 Å². The van der Waals surface area contributed by atoms with Gasteiger partial charge in [0.1, 0.15) is 5.82 Å². The average Bonchev–Trinajstić information content (AvgIpc) is 3.13. The van der Waals surface area contributed by atoms with Crippen molar-refractivity contribution in [1.82, 2.24) is 13.9 Å². The first-order valence-electron chi connectivity index (χ1n) is 11.6. The number of amides is 1. The van der Waals surface area contributed by atoms with Gasteiger partial charge in [-0.15, -0.1) is 0 Å². The average molecular weight is 502 g/mol. The van der Waals surface area contributed by atoms with Gasteiger partial charge in [0.05, 0.1) is 38.5 Å². The molecule has 0 unspecified atom stereocenters. The predicted octanol–water partition coefficient (Wildman–Crippen LogP) is 2.49. The second-order valence-electron chi connectivity index (χ2n) is 9.16. The standard InChI is InChI=1S/C23H36FN3O6S/c1-26(2)34(29,30)25-21-13-19(14-31-3)27(23(28)32-4)22(21)15-33-20-10-8-16(9-11-20)17-6-5-7-18(24)12-17/h5-7,12,16,19-22,25H,8-11,13-15H2,1-4H3/t16?,19-,20?,21-,22-/m0/s1. The van der Waals surface area contributed by atoms with E-state index in [9.17, 15) is 17.6 Å². The molecule has 1 amide bonds. The minimum Gasteiger partial charge on any atom is -0.453 e. The van der Waals surface area contributed by atoms with E-state index < -0.39 is 28.4 Å². The van der Waals surface area contributed by atoms with Crippen molar-refractivity contribution in [3.63, 3.8) is 0 Å². The molecule has 1 aliphatic carbocycles. The van der Waals surface area contributed by atoms with Gasteiger partial charge in [0, 0.05) is 27.2 Å². The summed E-state index contributed by atoms with van der Waals surface area (Å²) in [5, 5.41) is 0. The highest BCUT2D eigenvalue weighted by Crippen LogP contribution is 2.35. The number of ether oxygens (including phenoxy) is 3. The van der Waals surface area contributed by atoms with Crippen LogP contribution in [0.5, 0.6) is 0 Å². The van der Waals surface area contributed by atoms with E-state index in [1.807, 2.05) is 6.07 Å². The van der Waals surface area contributed by atoms with Crippen LogP contribution in [-0.4, -0.2) is 89.5 Å². The highest BCUT2D eigenvalue weighted by Gasteiger charge is 2.46. The summed E-state index contributed by atoms with van der Waals surface area (Å²) in [5.41, 5.74) is 1.01. The summed E-state index contributed by atoms with van der Waals surface area (Å²) >= 11 is 0. The van der Waals surface area contributed by atoms with E-state index in [0.717, 1.165) is 35.6 Å². The van der Waals surface area contributed by atoms with Crippen molar-refractivity contribution in [3.8, 4) is 0 Å². The number of nitrogens with zero attached hydrogens (tertiary/aromatic N) is 2. The Morgan fingerprint density at radius 3 is 2.47 bits per heavy atom. The topological polar surface area (TPSA) is 97.4 Å². The van der Waals surface area contributed by atoms with Crippen LogP contribution in [-0.2, 0) is 24.4 Å². The first-order valence-corrected chi connectivity index (χ1v) is 13.0. The lowest BCUT2D eigenvalue weighted by Crippen LogP contribution is -2.52. The van der Waals surface area contributed by atoms with Gasteiger partial charge in [-0.2, -0.15) is 17.4 Å². The van der Waals surface area contributed by atoms with Crippen LogP contribution in [0.25, 0.3) is 0 Å². The number of carbonyl (C=O) groups is 1. The third kappa shape index (κ3) is 6.45. The van der Waals surface area contributed by atoms with Gasteiger partial charge in [-0.05, 0) is 55.7 Å². The third-order valence-electron chi connectivity index (χ3n) is 6.76. The fraction of sp³-hybridized carbons (Fsp3) is 0.696. The molecular formula is C23H36FN3O6S. The Bertz CT molecular complexity index is 923. The summed E-state index contributed by atoms with van der Waals surface area (Å²) < 4.78 is 58.9. The van der Waals surface area contributed by atoms with Crippen molar-refractivity contribution in [2.75, 3.05) is 41.5 Å². The van der Waals surface area contributed by atoms with E-state index in [1.165, 1.54) is 39.3 Å². The van der Waals surface area contributed by atoms with Crippen LogP contribution in [0.3, 0.4) is 0 Å². The number of halogens is 1. The second kappa shape index (κ2) is 11.8. The maximum atomic E-state index is 13.6. The van der Waals surface area contributed by atoms with E-state index in [2.05, 4.69) is 4.72 Å². The zero-order valence-corrected chi connectivity index (χ0v) is 21.1. The Kier molecular flexibility index (Phi) is 9.27. The molecule has 9 nitrogen and oxygen atoms in total. The number of methoxy groups -OCH3 is 2. The van der Waals surface area contributed by atoms with Crippen molar-refractivity contribution < 1.29 is 31.8 Å². The first kappa shape index (κ1) is 26.8. The Morgan fingerprint density at radius 1 is 1.18 bits per heavy atom. The predicted molar refractivity (Wildman–Crippen MR) is 125 cm³/mol. The summed E-state index contributed by atoms with van der Waals surface area (Å²) in [6.45, 7) is 0.426. The molecule has 0 radical (unpaired) electrons. The maximum absolute atomic E-state index is 13.6. The zero-order valence-electron chi connectivity index (χ0n) is 20.3. The monoisotopic (exact) mass is 501 g/mol. The highest BCUT2D eigenvalue weighted by molar-refractivity contribution is 7.87. The first-order chi connectivity index (χ1) is 16.2. The SMILES string of the molecule is COC[C@@H]1C[C@H](NS(=O)(=O)N(C)C)[C@H](COC2CCC(c3cccc(F)c3)CC2)N1C(=O)OC. The van der Waals surface area contributed by atoms with Gasteiger partial charge in [0.25, 0.3) is 10.2 Å². The van der Waals surface area contributed by atoms with Crippen LogP contribution < -0.4 is 4.72 Å². The molecule has 1 heterocycles. The number of likely N-dealkylation sites (tertiary alicyclic amines) is 1. The van der Waals surface area contributed by atoms with Gasteiger partial charge in [0.2, 0.25) is 0 Å². The van der Waals surface area contributed by atoms with Crippen LogP contribution >= 0.6 is 0 Å². The molecule has 34 heavy (non-hydrogen) atoms. The normalized spacial score (nSPS) is 27.8. The Labute approximate surface area is 201 Å². The Hall–Kier alpha value is -1.79. The molecule has 0 spiro atoms. The number of nitrogens with one attached hydrogen (secondary N) is 1. The molecule has 1 aliphatic heterocycles. The molecule has 3 rings (SSSR count). The molecular weight excluding hydrogens is 465 g/mol. The van der Waals surface area contributed by atoms with Crippen LogP contribution in [0.1, 0.15) is 43.6 Å². The minimum absolute atomic E-state index is 0.0168. The van der Waals surface area contributed by atoms with E-state index in [4.69, 9.17) is 14.2 Å². The second-order valence-corrected chi connectivity index (χ2v) is 11.1. The number of benzene rings is 1. The fourth-order valence-electron chi connectivity index (χ4n) is 4.94. The third-order valence-corrected chi connectivity index (χ3v) is 8.33. The number of hydrogen-bond donors (Lipinski definition) is 1. The van der Waals surface area contributed by atoms with Crippen molar-refractivity contribution >= 4 is 16.3 Å². The van der Waals surface area contributed by atoms with E-state index in [1.54, 1.807) is 12.1 Å². The van der Waals surface area contributed by atoms with Crippen molar-refractivity contribution in [1.29, 1.82) is 0 Å². The quantitative estimate of drug-likeness (QED) is 0.559. The lowest BCUT2D eigenvalue weighted by Gasteiger charge is -2.33. The lowest BCUT2D eigenvalue weighted by molar-refractivity contribution is -0.0132. The Morgan fingerprint density at radius 2 is 1.88 bits per heavy atom. The summed E-state index contributed by atoms with van der Waals surface area (Å²) in [6, 6.07) is 5.31. The molecule has 1 saturated carbocycles. The van der Waals surface area contributed by atoms with Gasteiger partial charge in [-0.1, -0.05) is 12.1 Å². The summed E-state index contributed by atoms with van der Waals surface area (Å²) in [4.78, 5) is 14.1. The Balaban J connectivity index is 1.67. The highest BCUT2D eigenvalue weighted by atomic mass is 32.2. The van der Waals surface area contributed by atoms with E-state index in [-0.39, 0.29) is 31.2 Å². The zero-order chi connectivity index (χ0) is 24.9. The summed E-state index contributed by atoms with van der Waals surface area (Å²) in [5.74, 6) is 0.0659. The van der Waals surface area contributed by atoms with Gasteiger partial charge in [0.15, 0.2) is 0 Å². The van der Waals surface area contributed by atoms with E-state index >= 15 is 0 Å². The summed E-state index contributed by atoms with van der Waals surface area (Å²) in [7, 11) is 2.02. The van der Waals surface area contributed by atoms with Gasteiger partial charge < -0.3 is 14.2 Å². The van der Waals surface area contributed by atoms with Crippen LogP contribution in [0.4, 0.5) is 9.18 Å². The molecule has 3 atom stereocenters. The van der Waals surface area contributed by atoms with Gasteiger partial charge in [-0.25, -0.2) is 9.18 Å². The minimum atomic E-state index is -3.72. The fourth-order valence-corrected chi connectivity index (χ4v) is 5.78. The molecule has 2 aliphatic rings. The maximum Gasteiger partial charge on any atom is 0.410 e. The molecule has 1 aromatic rings. The van der Waals surface area contributed by atoms with Crippen molar-refractivity contribution in [2.24, 2.45) is 0 Å². The molecule has 0 aromatic heterocycles. The molecule has 1 aromatic carbocycles. The lowest BCUT2D eigenvalue weighted by atomic mass is 9.82. The van der Waals surface area contributed by atoms with Crippen molar-refractivity contribution in [3.05, 3.63) is 35.6 Å². The molecule has 11 heteroatoms. The number of rotatable bonds is 9. The smallest absolute Gasteiger partial charge is 0.410 e. The number of carbonyl (C=O) groups excluding carboxylic acids is 1. The molecule has 0 bridgehead atoms. The number of hydrogen-bond acceptors (Lipinski definition) is 6. The van der Waals surface area contributed by atoms with Crippen LogP contribution in [0, 0.1) is 5.82 Å². The molecule has 1 saturated heterocycles.